The second-order valence-corrected chi connectivity index (χ2v) is 6.46. The van der Waals surface area contributed by atoms with E-state index in [2.05, 4.69) is 19.9 Å². The van der Waals surface area contributed by atoms with E-state index in [0.29, 0.717) is 5.75 Å². The standard InChI is InChI=1S/C15H16FNOS/c1-8-5-12(9(2)19-8)15-7-13(17)11-4-3-10(16)6-14(11)18-15/h3-6,13,15H,7,17H2,1-2H3/t13-,15?/m0/s1. The van der Waals surface area contributed by atoms with E-state index in [9.17, 15) is 4.39 Å². The smallest absolute Gasteiger partial charge is 0.127 e. The summed E-state index contributed by atoms with van der Waals surface area (Å²) in [5, 5.41) is 0. The molecule has 19 heavy (non-hydrogen) atoms. The number of fused-ring (bicyclic) bond motifs is 1. The van der Waals surface area contributed by atoms with E-state index in [0.717, 1.165) is 12.0 Å². The number of benzene rings is 1. The average Bonchev–Trinajstić information content (AvgIpc) is 2.67. The molecular weight excluding hydrogens is 261 g/mol. The Labute approximate surface area is 116 Å². The lowest BCUT2D eigenvalue weighted by atomic mass is 9.94. The highest BCUT2D eigenvalue weighted by molar-refractivity contribution is 7.12. The zero-order valence-corrected chi connectivity index (χ0v) is 11.8. The highest BCUT2D eigenvalue weighted by atomic mass is 32.1. The van der Waals surface area contributed by atoms with Crippen molar-refractivity contribution >= 4 is 11.3 Å². The molecule has 2 nitrogen and oxygen atoms in total. The fourth-order valence-corrected chi connectivity index (χ4v) is 3.61. The van der Waals surface area contributed by atoms with Gasteiger partial charge in [0.15, 0.2) is 0 Å². The van der Waals surface area contributed by atoms with Crippen molar-refractivity contribution in [2.45, 2.75) is 32.4 Å². The van der Waals surface area contributed by atoms with Gasteiger partial charge in [0.25, 0.3) is 0 Å². The van der Waals surface area contributed by atoms with Crippen molar-refractivity contribution < 1.29 is 9.13 Å². The number of hydrogen-bond acceptors (Lipinski definition) is 3. The third-order valence-corrected chi connectivity index (χ3v) is 4.52. The number of thiophene rings is 1. The van der Waals surface area contributed by atoms with Crippen molar-refractivity contribution in [2.24, 2.45) is 5.73 Å². The van der Waals surface area contributed by atoms with Crippen molar-refractivity contribution in [3.05, 3.63) is 51.0 Å². The van der Waals surface area contributed by atoms with Gasteiger partial charge in [-0.3, -0.25) is 0 Å². The summed E-state index contributed by atoms with van der Waals surface area (Å²) in [6.45, 7) is 4.17. The van der Waals surface area contributed by atoms with Crippen LogP contribution in [0.4, 0.5) is 4.39 Å². The maximum Gasteiger partial charge on any atom is 0.127 e. The van der Waals surface area contributed by atoms with Crippen LogP contribution < -0.4 is 10.5 Å². The Hall–Kier alpha value is -1.39. The molecule has 2 heterocycles. The van der Waals surface area contributed by atoms with E-state index in [-0.39, 0.29) is 18.0 Å². The molecule has 3 rings (SSSR count). The Balaban J connectivity index is 1.98. The van der Waals surface area contributed by atoms with Gasteiger partial charge in [0.1, 0.15) is 17.7 Å². The van der Waals surface area contributed by atoms with Gasteiger partial charge < -0.3 is 10.5 Å². The van der Waals surface area contributed by atoms with Gasteiger partial charge in [-0.1, -0.05) is 6.07 Å². The van der Waals surface area contributed by atoms with Gasteiger partial charge in [0, 0.05) is 39.4 Å². The molecule has 0 amide bonds. The van der Waals surface area contributed by atoms with Gasteiger partial charge in [0.2, 0.25) is 0 Å². The van der Waals surface area contributed by atoms with Crippen molar-refractivity contribution in [1.29, 1.82) is 0 Å². The summed E-state index contributed by atoms with van der Waals surface area (Å²) in [6, 6.07) is 6.62. The van der Waals surface area contributed by atoms with Crippen LogP contribution in [0.5, 0.6) is 5.75 Å². The molecule has 1 aromatic heterocycles. The van der Waals surface area contributed by atoms with Crippen LogP contribution in [0.15, 0.2) is 24.3 Å². The number of hydrogen-bond donors (Lipinski definition) is 1. The van der Waals surface area contributed by atoms with Crippen LogP contribution in [0, 0.1) is 19.7 Å². The molecule has 2 aromatic rings. The molecule has 2 N–H and O–H groups in total. The second-order valence-electron chi connectivity index (χ2n) is 5.00. The van der Waals surface area contributed by atoms with E-state index in [1.54, 1.807) is 17.4 Å². The Morgan fingerprint density at radius 3 is 2.74 bits per heavy atom. The van der Waals surface area contributed by atoms with Crippen LogP contribution in [0.2, 0.25) is 0 Å². The molecular formula is C15H16FNOS. The van der Waals surface area contributed by atoms with Crippen LogP contribution >= 0.6 is 11.3 Å². The minimum Gasteiger partial charge on any atom is -0.485 e. The minimum atomic E-state index is -0.287. The van der Waals surface area contributed by atoms with Crippen LogP contribution in [0.3, 0.4) is 0 Å². The fourth-order valence-electron chi connectivity index (χ4n) is 2.64. The third-order valence-electron chi connectivity index (χ3n) is 3.54. The zero-order chi connectivity index (χ0) is 13.6. The minimum absolute atomic E-state index is 0.0748. The van der Waals surface area contributed by atoms with Gasteiger partial charge in [0.05, 0.1) is 0 Å². The largest absolute Gasteiger partial charge is 0.485 e. The van der Waals surface area contributed by atoms with E-state index in [1.165, 1.54) is 27.5 Å². The van der Waals surface area contributed by atoms with Crippen molar-refractivity contribution in [3.8, 4) is 5.75 Å². The zero-order valence-electron chi connectivity index (χ0n) is 10.9. The Bertz CT molecular complexity index is 623. The molecule has 100 valence electrons. The lowest BCUT2D eigenvalue weighted by Crippen LogP contribution is -2.24. The lowest BCUT2D eigenvalue weighted by Gasteiger charge is -2.30. The second kappa shape index (κ2) is 4.62. The van der Waals surface area contributed by atoms with Gasteiger partial charge in [-0.25, -0.2) is 4.39 Å². The van der Waals surface area contributed by atoms with Crippen LogP contribution in [0.25, 0.3) is 0 Å². The topological polar surface area (TPSA) is 35.2 Å². The molecule has 2 atom stereocenters. The molecule has 0 spiro atoms. The first-order chi connectivity index (χ1) is 9.04. The number of nitrogens with two attached hydrogens (primary N) is 1. The number of ether oxygens (including phenoxy) is 1. The van der Waals surface area contributed by atoms with Crippen molar-refractivity contribution in [3.63, 3.8) is 0 Å². The molecule has 1 aromatic carbocycles. The third kappa shape index (κ3) is 2.26. The predicted octanol–water partition coefficient (Wildman–Crippen LogP) is 4.03. The van der Waals surface area contributed by atoms with Crippen molar-refractivity contribution in [1.82, 2.24) is 0 Å². The number of aryl methyl sites for hydroxylation is 2. The van der Waals surface area contributed by atoms with Gasteiger partial charge in [-0.05, 0) is 26.0 Å². The summed E-state index contributed by atoms with van der Waals surface area (Å²) < 4.78 is 19.3. The summed E-state index contributed by atoms with van der Waals surface area (Å²) in [6.07, 6.45) is 0.657. The quantitative estimate of drug-likeness (QED) is 0.854. The number of halogens is 1. The van der Waals surface area contributed by atoms with E-state index < -0.39 is 0 Å². The molecule has 1 aliphatic rings. The summed E-state index contributed by atoms with van der Waals surface area (Å²) in [7, 11) is 0. The fraction of sp³-hybridized carbons (Fsp3) is 0.333. The first-order valence-electron chi connectivity index (χ1n) is 6.33. The normalized spacial score (nSPS) is 21.9. The molecule has 1 unspecified atom stereocenters. The molecule has 1 aliphatic heterocycles. The average molecular weight is 277 g/mol. The van der Waals surface area contributed by atoms with E-state index >= 15 is 0 Å². The molecule has 0 fully saturated rings. The molecule has 0 saturated heterocycles. The SMILES string of the molecule is Cc1cc(C2C[C@H](N)c3ccc(F)cc3O2)c(C)s1. The Morgan fingerprint density at radius 2 is 2.05 bits per heavy atom. The molecule has 0 bridgehead atoms. The van der Waals surface area contributed by atoms with Gasteiger partial charge in [-0.2, -0.15) is 0 Å². The lowest BCUT2D eigenvalue weighted by molar-refractivity contribution is 0.160. The summed E-state index contributed by atoms with van der Waals surface area (Å²) in [4.78, 5) is 2.50. The first-order valence-corrected chi connectivity index (χ1v) is 7.15. The van der Waals surface area contributed by atoms with Crippen LogP contribution in [-0.2, 0) is 0 Å². The van der Waals surface area contributed by atoms with Gasteiger partial charge in [-0.15, -0.1) is 11.3 Å². The molecule has 0 radical (unpaired) electrons. The highest BCUT2D eigenvalue weighted by Gasteiger charge is 2.28. The van der Waals surface area contributed by atoms with E-state index in [4.69, 9.17) is 10.5 Å². The summed E-state index contributed by atoms with van der Waals surface area (Å²) in [5.74, 6) is 0.289. The highest BCUT2D eigenvalue weighted by Crippen LogP contribution is 2.42. The maximum atomic E-state index is 13.3. The molecule has 0 aliphatic carbocycles. The van der Waals surface area contributed by atoms with Crippen molar-refractivity contribution in [2.75, 3.05) is 0 Å². The van der Waals surface area contributed by atoms with Crippen LogP contribution in [-0.4, -0.2) is 0 Å². The summed E-state index contributed by atoms with van der Waals surface area (Å²) >= 11 is 1.75. The Morgan fingerprint density at radius 1 is 1.26 bits per heavy atom. The predicted molar refractivity (Wildman–Crippen MR) is 75.1 cm³/mol. The number of rotatable bonds is 1. The van der Waals surface area contributed by atoms with E-state index in [1.807, 2.05) is 0 Å². The monoisotopic (exact) mass is 277 g/mol. The maximum absolute atomic E-state index is 13.3. The van der Waals surface area contributed by atoms with Crippen LogP contribution in [0.1, 0.15) is 39.4 Å². The Kier molecular flexibility index (Phi) is 3.07. The van der Waals surface area contributed by atoms with Gasteiger partial charge >= 0.3 is 0 Å². The molecule has 4 heteroatoms. The first kappa shape index (κ1) is 12.6. The molecule has 0 saturated carbocycles. The summed E-state index contributed by atoms with van der Waals surface area (Å²) in [5.41, 5.74) is 8.25.